The molecule has 9 nitrogen and oxygen atoms in total. The summed E-state index contributed by atoms with van der Waals surface area (Å²) in [5.41, 5.74) is 1.42. The highest BCUT2D eigenvalue weighted by molar-refractivity contribution is 6.33. The highest BCUT2D eigenvalue weighted by Crippen LogP contribution is 2.27. The van der Waals surface area contributed by atoms with Gasteiger partial charge in [-0.2, -0.15) is 4.98 Å². The topological polar surface area (TPSA) is 107 Å². The fourth-order valence-corrected chi connectivity index (χ4v) is 3.95. The summed E-state index contributed by atoms with van der Waals surface area (Å²) in [6, 6.07) is 9.20. The Kier molecular flexibility index (Phi) is 5.54. The molecule has 1 saturated heterocycles. The van der Waals surface area contributed by atoms with E-state index in [0.717, 1.165) is 12.8 Å². The summed E-state index contributed by atoms with van der Waals surface area (Å²) >= 11 is 6.29. The van der Waals surface area contributed by atoms with Crippen molar-refractivity contribution in [2.24, 2.45) is 7.05 Å². The van der Waals surface area contributed by atoms with Gasteiger partial charge in [0.25, 0.3) is 11.5 Å². The van der Waals surface area contributed by atoms with Crippen molar-refractivity contribution in [1.29, 1.82) is 0 Å². The van der Waals surface area contributed by atoms with Gasteiger partial charge in [-0.05, 0) is 25.0 Å². The molecule has 2 fully saturated rings. The third-order valence-electron chi connectivity index (χ3n) is 5.62. The predicted octanol–water partition coefficient (Wildman–Crippen LogP) is 2.08. The van der Waals surface area contributed by atoms with Crippen LogP contribution in [-0.4, -0.2) is 52.0 Å². The minimum atomic E-state index is -0.675. The number of anilines is 1. The number of amides is 1. The maximum absolute atomic E-state index is 13.0. The summed E-state index contributed by atoms with van der Waals surface area (Å²) in [7, 11) is 1.66. The van der Waals surface area contributed by atoms with E-state index in [0.29, 0.717) is 39.7 Å². The van der Waals surface area contributed by atoms with Crippen LogP contribution < -0.4 is 16.2 Å². The number of halogens is 1. The van der Waals surface area contributed by atoms with Crippen molar-refractivity contribution < 1.29 is 14.3 Å². The van der Waals surface area contributed by atoms with E-state index in [4.69, 9.17) is 21.1 Å². The van der Waals surface area contributed by atoms with Crippen LogP contribution in [0.2, 0.25) is 5.02 Å². The van der Waals surface area contributed by atoms with Gasteiger partial charge in [-0.3, -0.25) is 14.2 Å². The number of hydrogen-bond acceptors (Lipinski definition) is 7. The first kappa shape index (κ1) is 20.9. The van der Waals surface area contributed by atoms with Crippen molar-refractivity contribution in [1.82, 2.24) is 19.9 Å². The minimum absolute atomic E-state index is 0.0625. The summed E-state index contributed by atoms with van der Waals surface area (Å²) < 4.78 is 12.5. The first-order valence-electron chi connectivity index (χ1n) is 10.4. The summed E-state index contributed by atoms with van der Waals surface area (Å²) in [5, 5.41) is 7.23. The van der Waals surface area contributed by atoms with E-state index in [1.54, 1.807) is 31.4 Å². The van der Waals surface area contributed by atoms with Crippen LogP contribution in [0.15, 0.2) is 41.3 Å². The summed E-state index contributed by atoms with van der Waals surface area (Å²) in [6.07, 6.45) is 2.52. The molecule has 2 aliphatic rings. The van der Waals surface area contributed by atoms with Gasteiger partial charge in [-0.1, -0.05) is 29.8 Å². The van der Waals surface area contributed by atoms with Gasteiger partial charge in [0.1, 0.15) is 18.5 Å². The van der Waals surface area contributed by atoms with E-state index in [9.17, 15) is 9.59 Å². The number of aryl methyl sites for hydroxylation is 1. The van der Waals surface area contributed by atoms with E-state index in [1.165, 1.54) is 4.57 Å². The lowest BCUT2D eigenvalue weighted by atomic mass is 10.1. The van der Waals surface area contributed by atoms with Gasteiger partial charge in [0, 0.05) is 47.4 Å². The van der Waals surface area contributed by atoms with Crippen molar-refractivity contribution >= 4 is 34.5 Å². The second-order valence-electron chi connectivity index (χ2n) is 7.95. The summed E-state index contributed by atoms with van der Waals surface area (Å²) in [6.45, 7) is 0.354. The molecule has 1 aliphatic carbocycles. The first-order chi connectivity index (χ1) is 15.5. The second-order valence-corrected chi connectivity index (χ2v) is 8.36. The SMILES string of the molecule is Cn1c(=O)c(-c2ccccc2Cl)cc2cnc(NCC3OCOC3C(=O)NC3CC3)nc21. The number of ether oxygens (including phenoxy) is 2. The maximum Gasteiger partial charge on any atom is 0.259 e. The number of pyridine rings is 1. The zero-order chi connectivity index (χ0) is 22.2. The molecule has 3 heterocycles. The molecule has 2 atom stereocenters. The Bertz CT molecular complexity index is 1240. The Morgan fingerprint density at radius 3 is 2.84 bits per heavy atom. The predicted molar refractivity (Wildman–Crippen MR) is 119 cm³/mol. The van der Waals surface area contributed by atoms with Crippen LogP contribution in [0.4, 0.5) is 5.95 Å². The minimum Gasteiger partial charge on any atom is -0.351 e. The molecule has 1 aliphatic heterocycles. The Balaban J connectivity index is 1.36. The molecular weight excluding hydrogens is 434 g/mol. The normalized spacial score (nSPS) is 20.4. The van der Waals surface area contributed by atoms with E-state index >= 15 is 0 Å². The van der Waals surface area contributed by atoms with Gasteiger partial charge in [-0.25, -0.2) is 4.98 Å². The lowest BCUT2D eigenvalue weighted by molar-refractivity contribution is -0.130. The highest BCUT2D eigenvalue weighted by Gasteiger charge is 2.37. The van der Waals surface area contributed by atoms with Crippen molar-refractivity contribution in [3.05, 3.63) is 51.9 Å². The maximum atomic E-state index is 13.0. The number of aromatic nitrogens is 3. The Morgan fingerprint density at radius 2 is 2.06 bits per heavy atom. The molecule has 2 aromatic heterocycles. The Labute approximate surface area is 188 Å². The molecule has 0 radical (unpaired) electrons. The molecular formula is C22H22ClN5O4. The van der Waals surface area contributed by atoms with Gasteiger partial charge < -0.3 is 20.1 Å². The second kappa shape index (κ2) is 8.50. The van der Waals surface area contributed by atoms with E-state index in [-0.39, 0.29) is 24.3 Å². The van der Waals surface area contributed by atoms with Crippen molar-refractivity contribution in [2.75, 3.05) is 18.7 Å². The lowest BCUT2D eigenvalue weighted by Gasteiger charge is -2.17. The number of carbonyl (C=O) groups is 1. The molecule has 3 aromatic rings. The third-order valence-corrected chi connectivity index (χ3v) is 5.95. The van der Waals surface area contributed by atoms with Gasteiger partial charge in [-0.15, -0.1) is 0 Å². The van der Waals surface area contributed by atoms with Crippen LogP contribution in [0, 0.1) is 0 Å². The average Bonchev–Trinajstić information content (AvgIpc) is 3.48. The third kappa shape index (κ3) is 4.06. The monoisotopic (exact) mass is 455 g/mol. The van der Waals surface area contributed by atoms with Crippen molar-refractivity contribution in [3.63, 3.8) is 0 Å². The average molecular weight is 456 g/mol. The first-order valence-corrected chi connectivity index (χ1v) is 10.8. The largest absolute Gasteiger partial charge is 0.351 e. The number of fused-ring (bicyclic) bond motifs is 1. The Hall–Kier alpha value is -3.01. The number of hydrogen-bond donors (Lipinski definition) is 2. The number of benzene rings is 1. The van der Waals surface area contributed by atoms with E-state index in [1.807, 2.05) is 12.1 Å². The fraction of sp³-hybridized carbons (Fsp3) is 0.364. The molecule has 166 valence electrons. The lowest BCUT2D eigenvalue weighted by Crippen LogP contribution is -2.44. The summed E-state index contributed by atoms with van der Waals surface area (Å²) in [5.74, 6) is 0.167. The number of nitrogens with zero attached hydrogens (tertiary/aromatic N) is 3. The zero-order valence-corrected chi connectivity index (χ0v) is 18.1. The quantitative estimate of drug-likeness (QED) is 0.586. The number of rotatable bonds is 6. The molecule has 0 spiro atoms. The van der Waals surface area contributed by atoms with Crippen LogP contribution in [0.5, 0.6) is 0 Å². The van der Waals surface area contributed by atoms with Crippen molar-refractivity contribution in [3.8, 4) is 11.1 Å². The van der Waals surface area contributed by atoms with E-state index in [2.05, 4.69) is 20.6 Å². The highest BCUT2D eigenvalue weighted by atomic mass is 35.5. The standard InChI is InChI=1S/C22H22ClN5O4/c1-28-19-12(8-15(21(28)30)14-4-2-3-5-16(14)23)9-24-22(27-19)25-10-17-18(32-11-31-17)20(29)26-13-6-7-13/h2-5,8-9,13,17-18H,6-7,10-11H2,1H3,(H,26,29)(H,24,25,27). The molecule has 1 amide bonds. The molecule has 5 rings (SSSR count). The van der Waals surface area contributed by atoms with Gasteiger partial charge in [0.15, 0.2) is 6.10 Å². The molecule has 2 unspecified atom stereocenters. The summed E-state index contributed by atoms with van der Waals surface area (Å²) in [4.78, 5) is 34.1. The van der Waals surface area contributed by atoms with Crippen LogP contribution in [0.1, 0.15) is 12.8 Å². The van der Waals surface area contributed by atoms with Gasteiger partial charge >= 0.3 is 0 Å². The van der Waals surface area contributed by atoms with Crippen LogP contribution >= 0.6 is 11.6 Å². The van der Waals surface area contributed by atoms with Crippen molar-refractivity contribution in [2.45, 2.75) is 31.1 Å². The molecule has 1 aromatic carbocycles. The van der Waals surface area contributed by atoms with Gasteiger partial charge in [0.2, 0.25) is 5.95 Å². The zero-order valence-electron chi connectivity index (χ0n) is 17.4. The van der Waals surface area contributed by atoms with Crippen LogP contribution in [0.25, 0.3) is 22.2 Å². The van der Waals surface area contributed by atoms with Gasteiger partial charge in [0.05, 0.1) is 0 Å². The molecule has 2 N–H and O–H groups in total. The van der Waals surface area contributed by atoms with E-state index < -0.39 is 12.2 Å². The molecule has 1 saturated carbocycles. The Morgan fingerprint density at radius 1 is 1.25 bits per heavy atom. The number of carbonyl (C=O) groups excluding carboxylic acids is 1. The van der Waals surface area contributed by atoms with Crippen LogP contribution in [-0.2, 0) is 21.3 Å². The van der Waals surface area contributed by atoms with Crippen LogP contribution in [0.3, 0.4) is 0 Å². The molecule has 32 heavy (non-hydrogen) atoms. The smallest absolute Gasteiger partial charge is 0.259 e. The molecule has 0 bridgehead atoms. The number of nitrogens with one attached hydrogen (secondary N) is 2. The molecule has 10 heteroatoms. The fourth-order valence-electron chi connectivity index (χ4n) is 3.71.